The predicted molar refractivity (Wildman–Crippen MR) is 93.2 cm³/mol. The summed E-state index contributed by atoms with van der Waals surface area (Å²) in [5, 5.41) is 0. The van der Waals surface area contributed by atoms with Crippen LogP contribution >= 0.6 is 15.9 Å². The molecule has 3 rings (SSSR count). The molecular weight excluding hydrogens is 338 g/mol. The number of halogens is 1. The van der Waals surface area contributed by atoms with E-state index in [0.29, 0.717) is 5.88 Å². The van der Waals surface area contributed by atoms with E-state index in [1.165, 1.54) is 5.56 Å². The fourth-order valence-corrected chi connectivity index (χ4v) is 2.69. The van der Waals surface area contributed by atoms with Crippen molar-refractivity contribution >= 4 is 15.9 Å². The van der Waals surface area contributed by atoms with Gasteiger partial charge in [-0.25, -0.2) is 4.98 Å². The van der Waals surface area contributed by atoms with Gasteiger partial charge in [-0.15, -0.1) is 0 Å². The van der Waals surface area contributed by atoms with Gasteiger partial charge in [-0.3, -0.25) is 0 Å². The molecular formula is C19H16BrNO. The van der Waals surface area contributed by atoms with Gasteiger partial charge in [-0.1, -0.05) is 58.4 Å². The molecule has 0 unspecified atom stereocenters. The van der Waals surface area contributed by atoms with Gasteiger partial charge in [0.1, 0.15) is 0 Å². The van der Waals surface area contributed by atoms with Crippen LogP contribution in [0.3, 0.4) is 0 Å². The topological polar surface area (TPSA) is 22.1 Å². The van der Waals surface area contributed by atoms with Crippen LogP contribution in [0.2, 0.25) is 0 Å². The number of rotatable bonds is 4. The monoisotopic (exact) mass is 353 g/mol. The zero-order valence-corrected chi connectivity index (χ0v) is 13.9. The molecule has 3 heteroatoms. The van der Waals surface area contributed by atoms with Crippen molar-refractivity contribution in [1.29, 1.82) is 0 Å². The number of nitrogens with zero attached hydrogens (tertiary/aromatic N) is 1. The third-order valence-electron chi connectivity index (χ3n) is 3.53. The Morgan fingerprint density at radius 2 is 1.68 bits per heavy atom. The highest BCUT2D eigenvalue weighted by atomic mass is 79.9. The van der Waals surface area contributed by atoms with Crippen molar-refractivity contribution in [1.82, 2.24) is 4.98 Å². The summed E-state index contributed by atoms with van der Waals surface area (Å²) in [5.74, 6) is 0.685. The lowest BCUT2D eigenvalue weighted by atomic mass is 10.0. The molecule has 0 fully saturated rings. The molecule has 2 aromatic carbocycles. The van der Waals surface area contributed by atoms with E-state index in [2.05, 4.69) is 51.2 Å². The Hall–Kier alpha value is -2.13. The molecule has 0 N–H and O–H groups in total. The van der Waals surface area contributed by atoms with E-state index in [4.69, 9.17) is 4.74 Å². The summed E-state index contributed by atoms with van der Waals surface area (Å²) in [4.78, 5) is 4.46. The van der Waals surface area contributed by atoms with Crippen molar-refractivity contribution in [3.05, 3.63) is 82.5 Å². The molecule has 0 saturated heterocycles. The summed E-state index contributed by atoms with van der Waals surface area (Å²) in [6.45, 7) is 0. The minimum atomic E-state index is 0.685. The second kappa shape index (κ2) is 6.75. The van der Waals surface area contributed by atoms with Crippen molar-refractivity contribution in [2.24, 2.45) is 0 Å². The lowest BCUT2D eigenvalue weighted by molar-refractivity contribution is 0.393. The van der Waals surface area contributed by atoms with Gasteiger partial charge in [0, 0.05) is 28.2 Å². The lowest BCUT2D eigenvalue weighted by Crippen LogP contribution is -1.97. The van der Waals surface area contributed by atoms with Crippen LogP contribution in [-0.2, 0) is 6.42 Å². The Kier molecular flexibility index (Phi) is 4.54. The average molecular weight is 354 g/mol. The third-order valence-corrected chi connectivity index (χ3v) is 4.06. The maximum absolute atomic E-state index is 5.41. The van der Waals surface area contributed by atoms with Gasteiger partial charge in [-0.05, 0) is 29.3 Å². The van der Waals surface area contributed by atoms with Crippen molar-refractivity contribution in [2.45, 2.75) is 6.42 Å². The van der Waals surface area contributed by atoms with E-state index in [1.807, 2.05) is 36.5 Å². The van der Waals surface area contributed by atoms with Crippen LogP contribution in [0.25, 0.3) is 11.1 Å². The van der Waals surface area contributed by atoms with Gasteiger partial charge in [-0.2, -0.15) is 0 Å². The van der Waals surface area contributed by atoms with E-state index >= 15 is 0 Å². The summed E-state index contributed by atoms with van der Waals surface area (Å²) >= 11 is 3.46. The first-order chi connectivity index (χ1) is 10.8. The quantitative estimate of drug-likeness (QED) is 0.650. The molecule has 0 aliphatic rings. The Bertz CT molecular complexity index is 754. The number of ether oxygens (including phenoxy) is 1. The summed E-state index contributed by atoms with van der Waals surface area (Å²) in [6.07, 6.45) is 2.66. The van der Waals surface area contributed by atoms with Crippen molar-refractivity contribution in [3.8, 4) is 17.0 Å². The Labute approximate surface area is 138 Å². The van der Waals surface area contributed by atoms with E-state index in [-0.39, 0.29) is 0 Å². The standard InChI is InChI=1S/C19H16BrNO/c1-22-19-16(11-14-5-3-2-4-6-14)12-17(13-21-19)15-7-9-18(20)10-8-15/h2-10,12-13H,11H2,1H3. The first kappa shape index (κ1) is 14.8. The van der Waals surface area contributed by atoms with E-state index in [9.17, 15) is 0 Å². The minimum Gasteiger partial charge on any atom is -0.481 e. The number of hydrogen-bond donors (Lipinski definition) is 0. The van der Waals surface area contributed by atoms with Crippen molar-refractivity contribution < 1.29 is 4.74 Å². The molecule has 1 aromatic heterocycles. The highest BCUT2D eigenvalue weighted by Crippen LogP contribution is 2.27. The molecule has 0 radical (unpaired) electrons. The van der Waals surface area contributed by atoms with E-state index < -0.39 is 0 Å². The highest BCUT2D eigenvalue weighted by molar-refractivity contribution is 9.10. The first-order valence-corrected chi connectivity index (χ1v) is 7.88. The number of aromatic nitrogens is 1. The van der Waals surface area contributed by atoms with Crippen molar-refractivity contribution in [2.75, 3.05) is 7.11 Å². The SMILES string of the molecule is COc1ncc(-c2ccc(Br)cc2)cc1Cc1ccccc1. The molecule has 2 nitrogen and oxygen atoms in total. The van der Waals surface area contributed by atoms with Gasteiger partial charge in [0.25, 0.3) is 0 Å². The molecule has 1 heterocycles. The van der Waals surface area contributed by atoms with Crippen LogP contribution in [0, 0.1) is 0 Å². The predicted octanol–water partition coefficient (Wildman–Crippen LogP) is 5.11. The smallest absolute Gasteiger partial charge is 0.216 e. The van der Waals surface area contributed by atoms with E-state index in [0.717, 1.165) is 27.6 Å². The second-order valence-corrected chi connectivity index (χ2v) is 5.98. The maximum atomic E-state index is 5.41. The fourth-order valence-electron chi connectivity index (χ4n) is 2.42. The third kappa shape index (κ3) is 3.37. The zero-order chi connectivity index (χ0) is 15.4. The molecule has 0 amide bonds. The molecule has 22 heavy (non-hydrogen) atoms. The van der Waals surface area contributed by atoms with Gasteiger partial charge in [0.15, 0.2) is 0 Å². The van der Waals surface area contributed by atoms with Crippen LogP contribution in [-0.4, -0.2) is 12.1 Å². The van der Waals surface area contributed by atoms with Gasteiger partial charge in [0.05, 0.1) is 7.11 Å². The molecule has 0 atom stereocenters. The number of pyridine rings is 1. The zero-order valence-electron chi connectivity index (χ0n) is 12.3. The molecule has 0 saturated carbocycles. The van der Waals surface area contributed by atoms with Crippen LogP contribution in [0.15, 0.2) is 71.3 Å². The molecule has 0 aliphatic heterocycles. The second-order valence-electron chi connectivity index (χ2n) is 5.06. The fraction of sp³-hybridized carbons (Fsp3) is 0.105. The van der Waals surface area contributed by atoms with Gasteiger partial charge in [0.2, 0.25) is 5.88 Å². The Morgan fingerprint density at radius 1 is 0.955 bits per heavy atom. The van der Waals surface area contributed by atoms with Gasteiger partial charge >= 0.3 is 0 Å². The van der Waals surface area contributed by atoms with Crippen molar-refractivity contribution in [3.63, 3.8) is 0 Å². The lowest BCUT2D eigenvalue weighted by Gasteiger charge is -2.10. The Morgan fingerprint density at radius 3 is 2.36 bits per heavy atom. The van der Waals surface area contributed by atoms with E-state index in [1.54, 1.807) is 7.11 Å². The van der Waals surface area contributed by atoms with Gasteiger partial charge < -0.3 is 4.74 Å². The molecule has 0 aliphatic carbocycles. The van der Waals surface area contributed by atoms with Crippen LogP contribution in [0.1, 0.15) is 11.1 Å². The molecule has 0 bridgehead atoms. The summed E-state index contributed by atoms with van der Waals surface area (Å²) < 4.78 is 6.48. The number of benzene rings is 2. The Balaban J connectivity index is 1.97. The molecule has 0 spiro atoms. The normalized spacial score (nSPS) is 10.5. The number of methoxy groups -OCH3 is 1. The minimum absolute atomic E-state index is 0.685. The number of hydrogen-bond acceptors (Lipinski definition) is 2. The van der Waals surface area contributed by atoms with Crippen LogP contribution in [0.4, 0.5) is 0 Å². The van der Waals surface area contributed by atoms with Crippen LogP contribution in [0.5, 0.6) is 5.88 Å². The average Bonchev–Trinajstić information content (AvgIpc) is 2.56. The highest BCUT2D eigenvalue weighted by Gasteiger charge is 2.08. The summed E-state index contributed by atoms with van der Waals surface area (Å²) in [7, 11) is 1.66. The molecule has 3 aromatic rings. The first-order valence-electron chi connectivity index (χ1n) is 7.09. The largest absolute Gasteiger partial charge is 0.481 e. The maximum Gasteiger partial charge on any atom is 0.216 e. The summed E-state index contributed by atoms with van der Waals surface area (Å²) in [6, 6.07) is 20.8. The summed E-state index contributed by atoms with van der Waals surface area (Å²) in [5.41, 5.74) is 4.58. The molecule has 110 valence electrons. The van der Waals surface area contributed by atoms with Crippen LogP contribution < -0.4 is 4.74 Å².